The Morgan fingerprint density at radius 3 is 1.98 bits per heavy atom. The van der Waals surface area contributed by atoms with E-state index >= 15 is 0 Å². The van der Waals surface area contributed by atoms with Gasteiger partial charge in [0.2, 0.25) is 41.4 Å². The molecular weight excluding hydrogens is 1040 g/mol. The molecule has 0 aliphatic carbocycles. The Hall–Kier alpha value is -5.09. The molecule has 0 spiro atoms. The van der Waals surface area contributed by atoms with Crippen molar-refractivity contribution in [3.63, 3.8) is 0 Å². The molecule has 4 rings (SSSR count). The van der Waals surface area contributed by atoms with Gasteiger partial charge < -0.3 is 88.3 Å². The summed E-state index contributed by atoms with van der Waals surface area (Å²) in [6, 6.07) is -6.37. The lowest BCUT2D eigenvalue weighted by Crippen LogP contribution is -2.65. The van der Waals surface area contributed by atoms with Crippen molar-refractivity contribution in [2.24, 2.45) is 17.6 Å². The minimum Gasteiger partial charge on any atom is -0.508 e. The van der Waals surface area contributed by atoms with Crippen LogP contribution >= 0.6 is 0 Å². The van der Waals surface area contributed by atoms with Gasteiger partial charge in [0.1, 0.15) is 60.4 Å². The van der Waals surface area contributed by atoms with Crippen molar-refractivity contribution in [1.82, 2.24) is 47.0 Å². The number of nitrogens with two attached hydrogens (primary N) is 1. The second kappa shape index (κ2) is 33.1. The van der Waals surface area contributed by atoms with Crippen molar-refractivity contribution >= 4 is 41.4 Å². The van der Waals surface area contributed by atoms with E-state index in [2.05, 4.69) is 58.0 Å². The summed E-state index contributed by atoms with van der Waals surface area (Å²) >= 11 is 0. The Labute approximate surface area is 469 Å². The second-order valence-corrected chi connectivity index (χ2v) is 22.6. The van der Waals surface area contributed by atoms with E-state index in [0.29, 0.717) is 24.7 Å². The van der Waals surface area contributed by atoms with E-state index in [1.807, 2.05) is 13.8 Å². The number of unbranched alkanes of at least 4 members (excludes halogenated alkanes) is 5. The molecule has 7 amide bonds. The Bertz CT molecular complexity index is 2140. The number of nitrogens with one attached hydrogen (secondary N) is 7. The van der Waals surface area contributed by atoms with Crippen LogP contribution in [-0.2, 0) is 33.6 Å². The van der Waals surface area contributed by atoms with Crippen LogP contribution in [-0.4, -0.2) is 210 Å². The Morgan fingerprint density at radius 2 is 1.34 bits per heavy atom. The fourth-order valence-electron chi connectivity index (χ4n) is 10.6. The first kappa shape index (κ1) is 67.4. The number of fused-ring (bicyclic) bond motifs is 2. The molecule has 3 saturated heterocycles. The van der Waals surface area contributed by atoms with E-state index in [0.717, 1.165) is 55.2 Å². The van der Waals surface area contributed by atoms with Crippen LogP contribution in [0.15, 0.2) is 24.3 Å². The molecule has 0 aromatic heterocycles. The molecular formula is C55H94N10O15. The Morgan fingerprint density at radius 1 is 0.713 bits per heavy atom. The highest BCUT2D eigenvalue weighted by Crippen LogP contribution is 2.27. The number of amides is 7. The number of carbonyl (C=O) groups is 7. The van der Waals surface area contributed by atoms with E-state index in [4.69, 9.17) is 5.73 Å². The van der Waals surface area contributed by atoms with Crippen LogP contribution in [0.4, 0.5) is 0 Å². The maximum Gasteiger partial charge on any atom is 0.248 e. The number of aliphatic hydroxyl groups is 7. The third-order valence-corrected chi connectivity index (χ3v) is 15.4. The zero-order chi connectivity index (χ0) is 59.4. The van der Waals surface area contributed by atoms with Gasteiger partial charge in [0.05, 0.1) is 30.5 Å². The van der Waals surface area contributed by atoms with Crippen molar-refractivity contribution in [3.8, 4) is 5.75 Å². The average molecular weight is 1140 g/mol. The first-order valence-corrected chi connectivity index (χ1v) is 28.7. The molecule has 1 aromatic carbocycles. The van der Waals surface area contributed by atoms with Crippen LogP contribution in [0.1, 0.15) is 143 Å². The number of hydrogen-bond acceptors (Lipinski definition) is 18. The molecule has 3 heterocycles. The zero-order valence-electron chi connectivity index (χ0n) is 47.5. The predicted molar refractivity (Wildman–Crippen MR) is 294 cm³/mol. The maximum absolute atomic E-state index is 14.8. The normalized spacial score (nSPS) is 28.1. The summed E-state index contributed by atoms with van der Waals surface area (Å²) in [6.07, 6.45) is -6.68. The van der Waals surface area contributed by atoms with Crippen molar-refractivity contribution in [2.75, 3.05) is 32.7 Å². The van der Waals surface area contributed by atoms with Crippen molar-refractivity contribution in [3.05, 3.63) is 29.8 Å². The number of phenolic OH excluding ortho intramolecular Hbond substituents is 1. The molecule has 80 heavy (non-hydrogen) atoms. The highest BCUT2D eigenvalue weighted by Gasteiger charge is 2.49. The van der Waals surface area contributed by atoms with E-state index in [-0.39, 0.29) is 62.8 Å². The summed E-state index contributed by atoms with van der Waals surface area (Å²) in [5.41, 5.74) is 5.77. The molecule has 0 radical (unpaired) electrons. The topological polar surface area (TPSA) is 398 Å². The Kier molecular flexibility index (Phi) is 27.9. The maximum atomic E-state index is 14.8. The number of rotatable bonds is 25. The first-order valence-electron chi connectivity index (χ1n) is 28.7. The molecule has 3 aliphatic rings. The first-order chi connectivity index (χ1) is 37.9. The number of hydrogen-bond donors (Lipinski definition) is 16. The van der Waals surface area contributed by atoms with Gasteiger partial charge >= 0.3 is 0 Å². The number of aliphatic hydroxyl groups excluding tert-OH is 7. The van der Waals surface area contributed by atoms with Crippen molar-refractivity contribution < 1.29 is 74.4 Å². The highest BCUT2D eigenvalue weighted by molar-refractivity contribution is 5.98. The second-order valence-electron chi connectivity index (χ2n) is 22.6. The minimum absolute atomic E-state index is 0.0228. The molecule has 17 N–H and O–H groups in total. The molecule has 1 aromatic rings. The lowest BCUT2D eigenvalue weighted by atomic mass is 9.91. The summed E-state index contributed by atoms with van der Waals surface area (Å²) in [6.45, 7) is 10.8. The molecule has 0 unspecified atom stereocenters. The van der Waals surface area contributed by atoms with Gasteiger partial charge in [-0.15, -0.1) is 0 Å². The van der Waals surface area contributed by atoms with Crippen molar-refractivity contribution in [1.29, 1.82) is 0 Å². The lowest BCUT2D eigenvalue weighted by Gasteiger charge is -2.35. The van der Waals surface area contributed by atoms with E-state index in [1.165, 1.54) is 30.7 Å². The van der Waals surface area contributed by atoms with Crippen LogP contribution in [0.3, 0.4) is 0 Å². The molecule has 0 bridgehead atoms. The van der Waals surface area contributed by atoms with E-state index in [1.54, 1.807) is 0 Å². The van der Waals surface area contributed by atoms with Gasteiger partial charge in [-0.05, 0) is 68.7 Å². The summed E-state index contributed by atoms with van der Waals surface area (Å²) in [4.78, 5) is 103. The van der Waals surface area contributed by atoms with Crippen LogP contribution in [0.2, 0.25) is 0 Å². The quantitative estimate of drug-likeness (QED) is 0.0459. The molecule has 0 saturated carbocycles. The monoisotopic (exact) mass is 1130 g/mol. The number of phenols is 1. The molecule has 3 aliphatic heterocycles. The molecule has 3 fully saturated rings. The standard InChI is InChI=1S/C55H94N10O15/c1-7-31(4)26-32(5)14-12-10-8-9-11-13-15-42(72)59-37-28-41(71)49(58-24-22-56)63-53(78)46-40(70)21-25-64(46)55(80)44(39(69)20-23-57-30(2)3)61-52(77)45(48(74)47(73)34-16-18-35(67)19-17-34)62-51(76)38-27-36(68)29-65(38)54(79)43(33(6)66)60-50(37)75/h16-19,30-33,36-41,43-49,57-58,66-71,73-74H,7-15,20-29,56H2,1-6H3,(H,59,72)(H,60,75)(H,61,77)(H,62,76)(H,63,78)/t31-,32+,33+,36+,37-,38-,39+,40-,41+,43-,44-,45-,46-,47-,48-,49-/m0/s1. The summed E-state index contributed by atoms with van der Waals surface area (Å²) in [5.74, 6) is -6.31. The zero-order valence-corrected chi connectivity index (χ0v) is 47.5. The Balaban J connectivity index is 1.75. The number of nitrogens with zero attached hydrogens (tertiary/aromatic N) is 2. The van der Waals surface area contributed by atoms with Crippen LogP contribution in [0.5, 0.6) is 5.75 Å². The van der Waals surface area contributed by atoms with Gasteiger partial charge in [0, 0.05) is 51.5 Å². The van der Waals surface area contributed by atoms with Gasteiger partial charge in [-0.25, -0.2) is 0 Å². The van der Waals surface area contributed by atoms with E-state index < -0.39 is 146 Å². The summed E-state index contributed by atoms with van der Waals surface area (Å²) < 4.78 is 0. The predicted octanol–water partition coefficient (Wildman–Crippen LogP) is -2.27. The smallest absolute Gasteiger partial charge is 0.248 e. The highest BCUT2D eigenvalue weighted by atomic mass is 16.3. The fraction of sp³-hybridized carbons (Fsp3) is 0.764. The average Bonchev–Trinajstić information content (AvgIpc) is 4.12. The third kappa shape index (κ3) is 20.1. The number of carbonyl (C=O) groups excluding carboxylic acids is 7. The molecule has 16 atom stereocenters. The van der Waals surface area contributed by atoms with Gasteiger partial charge in [-0.3, -0.25) is 38.9 Å². The molecule has 454 valence electrons. The molecule has 25 nitrogen and oxygen atoms in total. The van der Waals surface area contributed by atoms with Gasteiger partial charge in [-0.1, -0.05) is 91.7 Å². The lowest BCUT2D eigenvalue weighted by molar-refractivity contribution is -0.148. The van der Waals surface area contributed by atoms with Gasteiger partial charge in [0.15, 0.2) is 0 Å². The van der Waals surface area contributed by atoms with Gasteiger partial charge in [-0.2, -0.15) is 0 Å². The van der Waals surface area contributed by atoms with Crippen LogP contribution in [0, 0.1) is 11.8 Å². The third-order valence-electron chi connectivity index (χ3n) is 15.4. The summed E-state index contributed by atoms with van der Waals surface area (Å²) in [5, 5.41) is 109. The van der Waals surface area contributed by atoms with Crippen LogP contribution in [0.25, 0.3) is 0 Å². The van der Waals surface area contributed by atoms with Crippen LogP contribution < -0.4 is 43.0 Å². The number of aromatic hydroxyl groups is 1. The number of benzene rings is 1. The minimum atomic E-state index is -2.27. The largest absolute Gasteiger partial charge is 0.508 e. The fourth-order valence-corrected chi connectivity index (χ4v) is 10.6. The van der Waals surface area contributed by atoms with E-state index in [9.17, 15) is 74.4 Å². The van der Waals surface area contributed by atoms with Gasteiger partial charge in [0.25, 0.3) is 0 Å². The van der Waals surface area contributed by atoms with Crippen molar-refractivity contribution in [2.45, 2.75) is 223 Å². The summed E-state index contributed by atoms with van der Waals surface area (Å²) in [7, 11) is 0. The molecule has 25 heteroatoms. The SMILES string of the molecule is CC[C@H](C)C[C@H](C)CCCCCCCCC(=O)N[C@H]1C[C@@H](O)[C@@H](NCCN)NC(=O)[C@@H]2[C@@H](O)CCN2C(=O)[C@H]([C@H](O)CCNC(C)C)NC(=O)[C@H]([C@H](O)[C@@H](O)c2ccc(O)cc2)NC(=O)[C@@H]2C[C@@H](O)CN2C(=O)[C@H]([C@@H](C)O)NC1=O.